The maximum absolute atomic E-state index is 12.4. The van der Waals surface area contributed by atoms with Gasteiger partial charge in [0.05, 0.1) is 24.9 Å². The molecule has 0 heterocycles. The summed E-state index contributed by atoms with van der Waals surface area (Å²) >= 11 is 0. The van der Waals surface area contributed by atoms with Crippen LogP contribution in [0.4, 0.5) is 0 Å². The van der Waals surface area contributed by atoms with E-state index in [0.29, 0.717) is 25.7 Å². The number of unbranched alkanes of at least 4 members (excludes halogenated alkanes) is 7. The van der Waals surface area contributed by atoms with Crippen LogP contribution in [0.5, 0.6) is 0 Å². The van der Waals surface area contributed by atoms with E-state index in [4.69, 9.17) is 19.3 Å². The second kappa shape index (κ2) is 30.9. The molecule has 0 bridgehead atoms. The van der Waals surface area contributed by atoms with Crippen molar-refractivity contribution in [2.45, 2.75) is 160 Å². The Balaban J connectivity index is 2.32. The molecule has 1 aliphatic rings. The number of carbonyl (C=O) groups excluding carboxylic acids is 2. The maximum atomic E-state index is 12.4. The quantitative estimate of drug-likeness (QED) is 0.0199. The Bertz CT molecular complexity index is 1160. The summed E-state index contributed by atoms with van der Waals surface area (Å²) in [4.78, 5) is 43.0. The van der Waals surface area contributed by atoms with Gasteiger partial charge in [-0.25, -0.2) is 4.57 Å². The average Bonchev–Trinajstić information content (AvgIpc) is 3.38. The number of esters is 2. The molecule has 0 amide bonds. The van der Waals surface area contributed by atoms with Crippen LogP contribution in [-0.4, -0.2) is 74.7 Å². The molecule has 11 nitrogen and oxygen atoms in total. The first-order valence-electron chi connectivity index (χ1n) is 19.8. The lowest BCUT2D eigenvalue weighted by Crippen LogP contribution is -2.29. The number of ether oxygens (including phenoxy) is 2. The number of aliphatic hydroxyl groups excluding tert-OH is 3. The topological polar surface area (TPSA) is 180 Å². The van der Waals surface area contributed by atoms with E-state index >= 15 is 0 Å². The van der Waals surface area contributed by atoms with Gasteiger partial charge in [0.25, 0.3) is 0 Å². The fourth-order valence-electron chi connectivity index (χ4n) is 6.16. The van der Waals surface area contributed by atoms with E-state index in [1.807, 2.05) is 6.08 Å². The molecule has 0 radical (unpaired) electrons. The maximum Gasteiger partial charge on any atom is 0.469 e. The Hall–Kier alpha value is -2.37. The summed E-state index contributed by atoms with van der Waals surface area (Å²) < 4.78 is 26.3. The highest BCUT2D eigenvalue weighted by Crippen LogP contribution is 2.37. The van der Waals surface area contributed by atoms with Crippen molar-refractivity contribution < 1.29 is 53.3 Å². The Kier molecular flexibility index (Phi) is 28.4. The van der Waals surface area contributed by atoms with Crippen molar-refractivity contribution in [3.05, 3.63) is 60.8 Å². The largest absolute Gasteiger partial charge is 0.469 e. The summed E-state index contributed by atoms with van der Waals surface area (Å²) in [6.45, 7) is 3.24. The van der Waals surface area contributed by atoms with Crippen LogP contribution in [0.1, 0.15) is 136 Å². The molecule has 1 fully saturated rings. The SMILES string of the molecule is CC/C=C\C/C=C\C/C=C\C/C=C\CCCCC(=O)O[C@H](COC(=O)CCCCCC[C@@H]1[C@@H](/C=C/[C@@H](O)CCCCC)[C@H](O)C[C@@H]1O)COP(=O)(O)O. The molecular formula is C41H69O11P. The number of phosphoric ester groups is 1. The summed E-state index contributed by atoms with van der Waals surface area (Å²) in [7, 11) is -4.82. The molecule has 1 aliphatic carbocycles. The zero-order valence-electron chi connectivity index (χ0n) is 32.2. The molecule has 53 heavy (non-hydrogen) atoms. The lowest BCUT2D eigenvalue weighted by molar-refractivity contribution is -0.161. The van der Waals surface area contributed by atoms with Crippen molar-refractivity contribution in [2.24, 2.45) is 11.8 Å². The van der Waals surface area contributed by atoms with Gasteiger partial charge >= 0.3 is 19.8 Å². The van der Waals surface area contributed by atoms with Gasteiger partial charge in [-0.3, -0.25) is 14.1 Å². The number of hydrogen-bond donors (Lipinski definition) is 5. The first kappa shape index (κ1) is 48.6. The number of rotatable bonds is 31. The molecule has 1 saturated carbocycles. The van der Waals surface area contributed by atoms with E-state index in [1.54, 1.807) is 6.08 Å². The molecule has 0 aromatic rings. The van der Waals surface area contributed by atoms with Gasteiger partial charge in [0.2, 0.25) is 0 Å². The molecule has 12 heteroatoms. The standard InChI is InChI=1S/C41H69O11P/c1-3-5-7-8-9-10-11-12-13-14-15-16-17-18-24-28-41(46)52-35(33-51-53(47,48)49)32-50-40(45)27-23-20-19-22-26-36-37(39(44)31-38(36)43)30-29-34(42)25-21-6-4-2/h5,7,9-10,12-13,15-16,29-30,34-39,42-44H,3-4,6,8,11,14,17-28,31-33H2,1-2H3,(H2,47,48,49)/b7-5-,10-9-,13-12-,16-15-,30-29+/t34-,35+,36+,37+,38-,39+/m0/s1. The van der Waals surface area contributed by atoms with Crippen LogP contribution in [0.15, 0.2) is 60.8 Å². The summed E-state index contributed by atoms with van der Waals surface area (Å²) in [6, 6.07) is 0. The van der Waals surface area contributed by atoms with Gasteiger partial charge in [-0.15, -0.1) is 0 Å². The van der Waals surface area contributed by atoms with Crippen LogP contribution < -0.4 is 0 Å². The number of hydrogen-bond acceptors (Lipinski definition) is 9. The van der Waals surface area contributed by atoms with Gasteiger partial charge in [-0.2, -0.15) is 0 Å². The second-order valence-electron chi connectivity index (χ2n) is 13.8. The number of allylic oxidation sites excluding steroid dienone is 8. The molecule has 304 valence electrons. The molecule has 0 aromatic heterocycles. The van der Waals surface area contributed by atoms with Crippen LogP contribution in [0.25, 0.3) is 0 Å². The summed E-state index contributed by atoms with van der Waals surface area (Å²) in [5.74, 6) is -1.37. The van der Waals surface area contributed by atoms with Gasteiger partial charge in [-0.05, 0) is 70.1 Å². The minimum absolute atomic E-state index is 0.0884. The minimum Gasteiger partial charge on any atom is -0.462 e. The molecule has 0 saturated heterocycles. The first-order valence-corrected chi connectivity index (χ1v) is 21.4. The molecule has 0 aromatic carbocycles. The van der Waals surface area contributed by atoms with Crippen molar-refractivity contribution in [1.29, 1.82) is 0 Å². The van der Waals surface area contributed by atoms with Crippen LogP contribution in [0.2, 0.25) is 0 Å². The van der Waals surface area contributed by atoms with Crippen molar-refractivity contribution in [3.8, 4) is 0 Å². The predicted octanol–water partition coefficient (Wildman–Crippen LogP) is 8.11. The van der Waals surface area contributed by atoms with E-state index in [0.717, 1.165) is 83.5 Å². The Morgan fingerprint density at radius 2 is 1.38 bits per heavy atom. The van der Waals surface area contributed by atoms with Gasteiger partial charge in [0.15, 0.2) is 6.10 Å². The first-order chi connectivity index (χ1) is 25.5. The minimum atomic E-state index is -4.82. The van der Waals surface area contributed by atoms with Crippen molar-refractivity contribution in [3.63, 3.8) is 0 Å². The molecule has 0 spiro atoms. The smallest absolute Gasteiger partial charge is 0.462 e. The lowest BCUT2D eigenvalue weighted by atomic mass is 9.88. The van der Waals surface area contributed by atoms with E-state index in [2.05, 4.69) is 67.0 Å². The summed E-state index contributed by atoms with van der Waals surface area (Å²) in [5.41, 5.74) is 0. The Morgan fingerprint density at radius 3 is 2.04 bits per heavy atom. The molecular weight excluding hydrogens is 699 g/mol. The summed E-state index contributed by atoms with van der Waals surface area (Å²) in [6.07, 6.45) is 31.6. The normalized spacial score (nSPS) is 20.8. The van der Waals surface area contributed by atoms with Crippen LogP contribution >= 0.6 is 7.82 Å². The van der Waals surface area contributed by atoms with Crippen LogP contribution in [-0.2, 0) is 28.2 Å². The third-order valence-electron chi connectivity index (χ3n) is 9.12. The number of carbonyl (C=O) groups is 2. The van der Waals surface area contributed by atoms with E-state index < -0.39 is 50.8 Å². The monoisotopic (exact) mass is 768 g/mol. The average molecular weight is 769 g/mol. The molecule has 1 rings (SSSR count). The second-order valence-corrected chi connectivity index (χ2v) is 15.1. The fourth-order valence-corrected chi connectivity index (χ4v) is 6.53. The number of aliphatic hydroxyl groups is 3. The highest BCUT2D eigenvalue weighted by molar-refractivity contribution is 7.46. The third-order valence-corrected chi connectivity index (χ3v) is 9.61. The van der Waals surface area contributed by atoms with Crippen LogP contribution in [0.3, 0.4) is 0 Å². The zero-order chi connectivity index (χ0) is 39.2. The van der Waals surface area contributed by atoms with E-state index in [-0.39, 0.29) is 31.3 Å². The highest BCUT2D eigenvalue weighted by Gasteiger charge is 2.39. The van der Waals surface area contributed by atoms with Crippen LogP contribution in [0, 0.1) is 11.8 Å². The highest BCUT2D eigenvalue weighted by atomic mass is 31.2. The van der Waals surface area contributed by atoms with Gasteiger partial charge < -0.3 is 34.6 Å². The third kappa shape index (κ3) is 27.0. The predicted molar refractivity (Wildman–Crippen MR) is 209 cm³/mol. The number of phosphoric acid groups is 1. The molecule has 5 N–H and O–H groups in total. The van der Waals surface area contributed by atoms with Crippen molar-refractivity contribution >= 4 is 19.8 Å². The van der Waals surface area contributed by atoms with E-state index in [9.17, 15) is 29.5 Å². The fraction of sp³-hybridized carbons (Fsp3) is 0.707. The lowest BCUT2D eigenvalue weighted by Gasteiger charge is -2.21. The van der Waals surface area contributed by atoms with Gasteiger partial charge in [0.1, 0.15) is 6.61 Å². The molecule has 6 atom stereocenters. The van der Waals surface area contributed by atoms with Crippen molar-refractivity contribution in [2.75, 3.05) is 13.2 Å². The zero-order valence-corrected chi connectivity index (χ0v) is 33.1. The van der Waals surface area contributed by atoms with Gasteiger partial charge in [-0.1, -0.05) is 113 Å². The molecule has 0 unspecified atom stereocenters. The van der Waals surface area contributed by atoms with Crippen molar-refractivity contribution in [1.82, 2.24) is 0 Å². The summed E-state index contributed by atoms with van der Waals surface area (Å²) in [5, 5.41) is 31.2. The van der Waals surface area contributed by atoms with E-state index in [1.165, 1.54) is 0 Å². The Morgan fingerprint density at radius 1 is 0.755 bits per heavy atom. The molecule has 0 aliphatic heterocycles. The Labute approximate surface area is 318 Å². The van der Waals surface area contributed by atoms with Gasteiger partial charge in [0, 0.05) is 25.2 Å².